The van der Waals surface area contributed by atoms with Crippen molar-refractivity contribution in [1.29, 1.82) is 0 Å². The summed E-state index contributed by atoms with van der Waals surface area (Å²) in [4.78, 5) is 15.8. The van der Waals surface area contributed by atoms with E-state index in [1.165, 1.54) is 0 Å². The lowest BCUT2D eigenvalue weighted by Gasteiger charge is -2.04. The molecule has 0 atom stereocenters. The van der Waals surface area contributed by atoms with Crippen LogP contribution in [0.5, 0.6) is 0 Å². The fraction of sp³-hybridized carbons (Fsp3) is 0.200. The molecule has 1 aromatic carbocycles. The minimum atomic E-state index is 0.101. The van der Waals surface area contributed by atoms with Gasteiger partial charge < -0.3 is 0 Å². The number of allylic oxidation sites excluding steroid dienone is 1. The van der Waals surface area contributed by atoms with Crippen molar-refractivity contribution in [3.05, 3.63) is 47.2 Å². The molecule has 0 unspecified atom stereocenters. The second-order valence-electron chi connectivity index (χ2n) is 4.25. The van der Waals surface area contributed by atoms with Gasteiger partial charge in [0.05, 0.1) is 5.52 Å². The Labute approximate surface area is 101 Å². The van der Waals surface area contributed by atoms with Gasteiger partial charge in [0.2, 0.25) is 0 Å². The molecule has 2 nitrogen and oxygen atoms in total. The highest BCUT2D eigenvalue weighted by Crippen LogP contribution is 2.20. The lowest BCUT2D eigenvalue weighted by Crippen LogP contribution is -1.93. The lowest BCUT2D eigenvalue weighted by atomic mass is 10.0. The van der Waals surface area contributed by atoms with Gasteiger partial charge in [-0.1, -0.05) is 18.2 Å². The van der Waals surface area contributed by atoms with Crippen LogP contribution in [0.3, 0.4) is 0 Å². The standard InChI is InChI=1S/C15H15NO/c1-10(12(3)17)8-13-9-11(2)16-15-7-5-4-6-14(13)15/h4-9H,1-3H3/b10-8+. The Morgan fingerprint density at radius 1 is 1.24 bits per heavy atom. The third-order valence-corrected chi connectivity index (χ3v) is 2.80. The summed E-state index contributed by atoms with van der Waals surface area (Å²) in [6.07, 6.45) is 1.93. The third-order valence-electron chi connectivity index (χ3n) is 2.80. The number of benzene rings is 1. The number of hydrogen-bond acceptors (Lipinski definition) is 2. The quantitative estimate of drug-likeness (QED) is 0.732. The summed E-state index contributed by atoms with van der Waals surface area (Å²) in [5.41, 5.74) is 3.75. The van der Waals surface area contributed by atoms with Crippen molar-refractivity contribution >= 4 is 22.8 Å². The Bertz CT molecular complexity index is 611. The molecular formula is C15H15NO. The van der Waals surface area contributed by atoms with E-state index in [2.05, 4.69) is 4.98 Å². The van der Waals surface area contributed by atoms with Crippen molar-refractivity contribution in [1.82, 2.24) is 4.98 Å². The number of nitrogens with zero attached hydrogens (tertiary/aromatic N) is 1. The predicted octanol–water partition coefficient (Wildman–Crippen LogP) is 3.54. The first-order valence-corrected chi connectivity index (χ1v) is 5.63. The molecule has 1 aromatic heterocycles. The highest BCUT2D eigenvalue weighted by atomic mass is 16.1. The summed E-state index contributed by atoms with van der Waals surface area (Å²) < 4.78 is 0. The molecule has 0 fully saturated rings. The van der Waals surface area contributed by atoms with Crippen LogP contribution in [0, 0.1) is 6.92 Å². The molecule has 2 aromatic rings. The SMILES string of the molecule is CC(=O)/C(C)=C/c1cc(C)nc2ccccc12. The first-order chi connectivity index (χ1) is 8.08. The van der Waals surface area contributed by atoms with Crippen LogP contribution >= 0.6 is 0 Å². The Morgan fingerprint density at radius 2 is 1.94 bits per heavy atom. The molecule has 0 bridgehead atoms. The topological polar surface area (TPSA) is 30.0 Å². The zero-order valence-electron chi connectivity index (χ0n) is 10.3. The number of Topliss-reactive ketones (excluding diaryl/α,β-unsaturated/α-hetero) is 1. The van der Waals surface area contributed by atoms with Crippen LogP contribution in [0.1, 0.15) is 25.1 Å². The molecule has 0 N–H and O–H groups in total. The van der Waals surface area contributed by atoms with Gasteiger partial charge >= 0.3 is 0 Å². The van der Waals surface area contributed by atoms with E-state index in [1.807, 2.05) is 50.3 Å². The molecule has 17 heavy (non-hydrogen) atoms. The maximum Gasteiger partial charge on any atom is 0.155 e. The number of carbonyl (C=O) groups excluding carboxylic acids is 1. The molecule has 0 spiro atoms. The minimum absolute atomic E-state index is 0.101. The Hall–Kier alpha value is -1.96. The molecule has 0 amide bonds. The van der Waals surface area contributed by atoms with E-state index in [9.17, 15) is 4.79 Å². The van der Waals surface area contributed by atoms with E-state index in [1.54, 1.807) is 6.92 Å². The van der Waals surface area contributed by atoms with E-state index in [-0.39, 0.29) is 5.78 Å². The molecule has 0 aliphatic carbocycles. The summed E-state index contributed by atoms with van der Waals surface area (Å²) in [6.45, 7) is 5.39. The van der Waals surface area contributed by atoms with Crippen molar-refractivity contribution in [2.45, 2.75) is 20.8 Å². The number of ketones is 1. The van der Waals surface area contributed by atoms with Gasteiger partial charge in [-0.2, -0.15) is 0 Å². The number of rotatable bonds is 2. The predicted molar refractivity (Wildman–Crippen MR) is 70.8 cm³/mol. The summed E-state index contributed by atoms with van der Waals surface area (Å²) in [6, 6.07) is 9.98. The average molecular weight is 225 g/mol. The maximum atomic E-state index is 11.3. The van der Waals surface area contributed by atoms with Gasteiger partial charge in [0.1, 0.15) is 0 Å². The highest BCUT2D eigenvalue weighted by Gasteiger charge is 2.03. The van der Waals surface area contributed by atoms with Crippen molar-refractivity contribution < 1.29 is 4.79 Å². The summed E-state index contributed by atoms with van der Waals surface area (Å²) in [5.74, 6) is 0.101. The molecule has 0 aliphatic heterocycles. The molecule has 0 saturated heterocycles. The number of fused-ring (bicyclic) bond motifs is 1. The van der Waals surface area contributed by atoms with Gasteiger partial charge in [-0.15, -0.1) is 0 Å². The first kappa shape index (κ1) is 11.5. The second kappa shape index (κ2) is 4.50. The molecule has 2 rings (SSSR count). The van der Waals surface area contributed by atoms with Crippen LogP contribution in [0.2, 0.25) is 0 Å². The molecule has 0 radical (unpaired) electrons. The molecular weight excluding hydrogens is 210 g/mol. The minimum Gasteiger partial charge on any atom is -0.295 e. The van der Waals surface area contributed by atoms with E-state index in [0.29, 0.717) is 0 Å². The molecule has 86 valence electrons. The number of aryl methyl sites for hydroxylation is 1. The van der Waals surface area contributed by atoms with Crippen LogP contribution in [0.4, 0.5) is 0 Å². The number of carbonyl (C=O) groups is 1. The van der Waals surface area contributed by atoms with Gasteiger partial charge in [-0.25, -0.2) is 0 Å². The lowest BCUT2D eigenvalue weighted by molar-refractivity contribution is -0.113. The van der Waals surface area contributed by atoms with E-state index < -0.39 is 0 Å². The fourth-order valence-corrected chi connectivity index (χ4v) is 1.79. The van der Waals surface area contributed by atoms with Crippen LogP contribution in [0.25, 0.3) is 17.0 Å². The highest BCUT2D eigenvalue weighted by molar-refractivity contribution is 5.99. The zero-order valence-corrected chi connectivity index (χ0v) is 10.3. The number of hydrogen-bond donors (Lipinski definition) is 0. The Morgan fingerprint density at radius 3 is 2.65 bits per heavy atom. The van der Waals surface area contributed by atoms with Gasteiger partial charge in [-0.05, 0) is 50.1 Å². The van der Waals surface area contributed by atoms with Crippen molar-refractivity contribution in [3.8, 4) is 0 Å². The Kier molecular flexibility index (Phi) is 3.05. The van der Waals surface area contributed by atoms with Gasteiger partial charge in [0.15, 0.2) is 5.78 Å². The van der Waals surface area contributed by atoms with Crippen LogP contribution in [-0.4, -0.2) is 10.8 Å². The third kappa shape index (κ3) is 2.41. The van der Waals surface area contributed by atoms with Crippen molar-refractivity contribution in [2.24, 2.45) is 0 Å². The second-order valence-corrected chi connectivity index (χ2v) is 4.25. The van der Waals surface area contributed by atoms with E-state index in [0.717, 1.165) is 27.7 Å². The van der Waals surface area contributed by atoms with Crippen LogP contribution in [-0.2, 0) is 4.79 Å². The number of aromatic nitrogens is 1. The largest absolute Gasteiger partial charge is 0.295 e. The zero-order chi connectivity index (χ0) is 12.4. The van der Waals surface area contributed by atoms with Gasteiger partial charge in [0, 0.05) is 11.1 Å². The smallest absolute Gasteiger partial charge is 0.155 e. The number of para-hydroxylation sites is 1. The summed E-state index contributed by atoms with van der Waals surface area (Å²) >= 11 is 0. The van der Waals surface area contributed by atoms with E-state index >= 15 is 0 Å². The van der Waals surface area contributed by atoms with Crippen LogP contribution in [0.15, 0.2) is 35.9 Å². The van der Waals surface area contributed by atoms with E-state index in [4.69, 9.17) is 0 Å². The Balaban J connectivity index is 2.68. The molecule has 1 heterocycles. The maximum absolute atomic E-state index is 11.3. The fourth-order valence-electron chi connectivity index (χ4n) is 1.79. The summed E-state index contributed by atoms with van der Waals surface area (Å²) in [7, 11) is 0. The average Bonchev–Trinajstić information content (AvgIpc) is 2.28. The monoisotopic (exact) mass is 225 g/mol. The molecule has 2 heteroatoms. The number of pyridine rings is 1. The van der Waals surface area contributed by atoms with Crippen LogP contribution < -0.4 is 0 Å². The molecule has 0 aliphatic rings. The molecule has 0 saturated carbocycles. The van der Waals surface area contributed by atoms with Gasteiger partial charge in [-0.3, -0.25) is 9.78 Å². The first-order valence-electron chi connectivity index (χ1n) is 5.63. The normalized spacial score (nSPS) is 11.8. The van der Waals surface area contributed by atoms with Crippen molar-refractivity contribution in [2.75, 3.05) is 0 Å². The van der Waals surface area contributed by atoms with Crippen molar-refractivity contribution in [3.63, 3.8) is 0 Å². The van der Waals surface area contributed by atoms with Gasteiger partial charge in [0.25, 0.3) is 0 Å². The summed E-state index contributed by atoms with van der Waals surface area (Å²) in [5, 5.41) is 1.08.